The molecule has 0 bridgehead atoms. The van der Waals surface area contributed by atoms with Crippen molar-refractivity contribution in [2.75, 3.05) is 0 Å². The first kappa shape index (κ1) is 18.5. The summed E-state index contributed by atoms with van der Waals surface area (Å²) in [4.78, 5) is 24.5. The molecule has 5 aromatic rings. The minimum atomic E-state index is -0.259. The molecule has 5 rings (SSSR count). The van der Waals surface area contributed by atoms with Gasteiger partial charge in [-0.15, -0.1) is 22.7 Å². The van der Waals surface area contributed by atoms with Gasteiger partial charge in [0.05, 0.1) is 12.1 Å². The van der Waals surface area contributed by atoms with Gasteiger partial charge in [-0.05, 0) is 41.3 Å². The molecule has 0 aliphatic carbocycles. The highest BCUT2D eigenvalue weighted by Gasteiger charge is 2.17. The second-order valence-electron chi connectivity index (χ2n) is 6.42. The highest BCUT2D eigenvalue weighted by Crippen LogP contribution is 2.31. The largest absolute Gasteiger partial charge is 0.281 e. The molecule has 4 aromatic heterocycles. The average Bonchev–Trinajstić information content (AvgIpc) is 3.38. The van der Waals surface area contributed by atoms with Crippen LogP contribution >= 0.6 is 34.4 Å². The van der Waals surface area contributed by atoms with Gasteiger partial charge in [-0.2, -0.15) is 0 Å². The summed E-state index contributed by atoms with van der Waals surface area (Å²) in [6.45, 7) is 0.479. The van der Waals surface area contributed by atoms with Gasteiger partial charge in [-0.3, -0.25) is 9.36 Å². The Morgan fingerprint density at radius 1 is 1.10 bits per heavy atom. The summed E-state index contributed by atoms with van der Waals surface area (Å²) in [5.74, 6) is 0.341. The monoisotopic (exact) mass is 439 g/mol. The zero-order valence-electron chi connectivity index (χ0n) is 15.0. The van der Waals surface area contributed by atoms with Crippen LogP contribution in [0.25, 0.3) is 20.4 Å². The molecule has 0 aliphatic heterocycles. The molecule has 0 fully saturated rings. The Hall–Kier alpha value is -2.55. The Morgan fingerprint density at radius 2 is 1.97 bits per heavy atom. The highest BCUT2D eigenvalue weighted by atomic mass is 32.2. The zero-order chi connectivity index (χ0) is 19.8. The molecular formula is C21H14FN3OS3. The van der Waals surface area contributed by atoms with Crippen molar-refractivity contribution in [1.29, 1.82) is 0 Å². The number of halogens is 1. The Labute approximate surface area is 177 Å². The molecule has 4 heterocycles. The standard InChI is InChI=1S/C21H14FN3OS3/c22-14-7-5-13(6-8-14)12-28-21-24-17-16-4-1-9-23-19(16)29-18(17)20(26)25(21)11-15-3-2-10-27-15/h1-10H,11-12H2. The minimum Gasteiger partial charge on any atom is -0.281 e. The lowest BCUT2D eigenvalue weighted by molar-refractivity contribution is 0.627. The maximum atomic E-state index is 13.3. The van der Waals surface area contributed by atoms with Crippen LogP contribution in [0.15, 0.2) is 70.1 Å². The first-order valence-electron chi connectivity index (χ1n) is 8.87. The predicted octanol–water partition coefficient (Wildman–Crippen LogP) is 5.55. The van der Waals surface area contributed by atoms with E-state index in [0.717, 1.165) is 20.7 Å². The minimum absolute atomic E-state index is 0.0481. The molecule has 29 heavy (non-hydrogen) atoms. The van der Waals surface area contributed by atoms with Crippen molar-refractivity contribution in [1.82, 2.24) is 14.5 Å². The summed E-state index contributed by atoms with van der Waals surface area (Å²) >= 11 is 4.49. The molecule has 0 aliphatic rings. The van der Waals surface area contributed by atoms with Crippen LogP contribution in [0.3, 0.4) is 0 Å². The van der Waals surface area contributed by atoms with Crippen molar-refractivity contribution in [3.05, 3.63) is 86.7 Å². The Bertz CT molecular complexity index is 1360. The molecule has 0 spiro atoms. The van der Waals surface area contributed by atoms with E-state index in [9.17, 15) is 9.18 Å². The summed E-state index contributed by atoms with van der Waals surface area (Å²) in [6, 6.07) is 14.2. The molecule has 8 heteroatoms. The molecular weight excluding hydrogens is 425 g/mol. The van der Waals surface area contributed by atoms with Crippen LogP contribution in [-0.4, -0.2) is 14.5 Å². The van der Waals surface area contributed by atoms with Gasteiger partial charge in [0.25, 0.3) is 5.56 Å². The summed E-state index contributed by atoms with van der Waals surface area (Å²) in [6.07, 6.45) is 1.73. The van der Waals surface area contributed by atoms with E-state index in [1.165, 1.54) is 35.2 Å². The third-order valence-electron chi connectivity index (χ3n) is 4.49. The van der Waals surface area contributed by atoms with Crippen molar-refractivity contribution in [3.63, 3.8) is 0 Å². The number of pyridine rings is 1. The number of fused-ring (bicyclic) bond motifs is 3. The molecule has 144 valence electrons. The topological polar surface area (TPSA) is 47.8 Å². The number of thioether (sulfide) groups is 1. The molecule has 1 aromatic carbocycles. The van der Waals surface area contributed by atoms with Crippen LogP contribution in [0, 0.1) is 5.82 Å². The van der Waals surface area contributed by atoms with Gasteiger partial charge in [0.2, 0.25) is 0 Å². The van der Waals surface area contributed by atoms with Gasteiger partial charge in [-0.25, -0.2) is 14.4 Å². The maximum Gasteiger partial charge on any atom is 0.272 e. The number of nitrogens with zero attached hydrogens (tertiary/aromatic N) is 3. The quantitative estimate of drug-likeness (QED) is 0.266. The number of rotatable bonds is 5. The van der Waals surface area contributed by atoms with E-state index in [0.29, 0.717) is 27.7 Å². The SMILES string of the molecule is O=c1c2sc3ncccc3c2nc(SCc2ccc(F)cc2)n1Cc1cccs1. The number of hydrogen-bond donors (Lipinski definition) is 0. The van der Waals surface area contributed by atoms with Crippen molar-refractivity contribution in [2.24, 2.45) is 0 Å². The van der Waals surface area contributed by atoms with Crippen molar-refractivity contribution in [2.45, 2.75) is 17.5 Å². The van der Waals surface area contributed by atoms with Crippen LogP contribution in [-0.2, 0) is 12.3 Å². The fourth-order valence-corrected chi connectivity index (χ4v) is 5.75. The first-order valence-corrected chi connectivity index (χ1v) is 11.5. The number of hydrogen-bond acceptors (Lipinski definition) is 6. The van der Waals surface area contributed by atoms with Crippen molar-refractivity contribution in [3.8, 4) is 0 Å². The van der Waals surface area contributed by atoms with Crippen molar-refractivity contribution >= 4 is 54.9 Å². The molecule has 0 amide bonds. The van der Waals surface area contributed by atoms with Crippen LogP contribution in [0.4, 0.5) is 4.39 Å². The van der Waals surface area contributed by atoms with Gasteiger partial charge < -0.3 is 0 Å². The smallest absolute Gasteiger partial charge is 0.272 e. The van der Waals surface area contributed by atoms with Gasteiger partial charge in [0.1, 0.15) is 15.3 Å². The van der Waals surface area contributed by atoms with Crippen molar-refractivity contribution < 1.29 is 4.39 Å². The normalized spacial score (nSPS) is 11.5. The maximum absolute atomic E-state index is 13.3. The van der Waals surface area contributed by atoms with Crippen LogP contribution in [0.5, 0.6) is 0 Å². The number of benzene rings is 1. The van der Waals surface area contributed by atoms with E-state index in [1.807, 2.05) is 29.6 Å². The third kappa shape index (κ3) is 3.59. The Kier molecular flexibility index (Phi) is 4.91. The predicted molar refractivity (Wildman–Crippen MR) is 119 cm³/mol. The lowest BCUT2D eigenvalue weighted by Gasteiger charge is -2.11. The Balaban J connectivity index is 1.63. The first-order chi connectivity index (χ1) is 14.2. The summed E-state index contributed by atoms with van der Waals surface area (Å²) in [5, 5.41) is 3.56. The number of thiophene rings is 2. The molecule has 0 atom stereocenters. The van der Waals surface area contributed by atoms with Crippen LogP contribution in [0.2, 0.25) is 0 Å². The molecule has 0 saturated heterocycles. The van der Waals surface area contributed by atoms with Gasteiger partial charge in [0.15, 0.2) is 5.16 Å². The second-order valence-corrected chi connectivity index (χ2v) is 9.39. The fraction of sp³-hybridized carbons (Fsp3) is 0.0952. The molecule has 0 unspecified atom stereocenters. The summed E-state index contributed by atoms with van der Waals surface area (Å²) in [7, 11) is 0. The van der Waals surface area contributed by atoms with E-state index in [-0.39, 0.29) is 11.4 Å². The van der Waals surface area contributed by atoms with Crippen LogP contribution in [0.1, 0.15) is 10.4 Å². The molecule has 0 radical (unpaired) electrons. The third-order valence-corrected chi connectivity index (χ3v) is 7.49. The Morgan fingerprint density at radius 3 is 2.76 bits per heavy atom. The molecule has 4 nitrogen and oxygen atoms in total. The molecule has 0 saturated carbocycles. The lowest BCUT2D eigenvalue weighted by atomic mass is 10.2. The summed E-state index contributed by atoms with van der Waals surface area (Å²) in [5.41, 5.74) is 1.63. The van der Waals surface area contributed by atoms with Gasteiger partial charge in [0, 0.05) is 22.2 Å². The molecule has 0 N–H and O–H groups in total. The fourth-order valence-electron chi connectivity index (χ4n) is 3.08. The van der Waals surface area contributed by atoms with E-state index < -0.39 is 0 Å². The van der Waals surface area contributed by atoms with Crippen LogP contribution < -0.4 is 5.56 Å². The van der Waals surface area contributed by atoms with E-state index >= 15 is 0 Å². The second kappa shape index (κ2) is 7.70. The van der Waals surface area contributed by atoms with E-state index in [2.05, 4.69) is 4.98 Å². The average molecular weight is 440 g/mol. The van der Waals surface area contributed by atoms with E-state index in [4.69, 9.17) is 4.98 Å². The lowest BCUT2D eigenvalue weighted by Crippen LogP contribution is -2.22. The van der Waals surface area contributed by atoms with Gasteiger partial charge in [-0.1, -0.05) is 30.0 Å². The zero-order valence-corrected chi connectivity index (χ0v) is 17.5. The highest BCUT2D eigenvalue weighted by molar-refractivity contribution is 7.98. The number of aromatic nitrogens is 3. The van der Waals surface area contributed by atoms with Gasteiger partial charge >= 0.3 is 0 Å². The summed E-state index contributed by atoms with van der Waals surface area (Å²) < 4.78 is 15.6. The van der Waals surface area contributed by atoms with E-state index in [1.54, 1.807) is 34.2 Å².